The number of nitrogens with one attached hydrogen (secondary N) is 1. The van der Waals surface area contributed by atoms with Crippen LogP contribution in [0.15, 0.2) is 22.8 Å². The van der Waals surface area contributed by atoms with Crippen molar-refractivity contribution in [2.24, 2.45) is 0 Å². The third-order valence-corrected chi connectivity index (χ3v) is 1.32. The van der Waals surface area contributed by atoms with E-state index < -0.39 is 0 Å². The highest BCUT2D eigenvalue weighted by molar-refractivity contribution is 4.95. The molecule has 1 aromatic heterocycles. The van der Waals surface area contributed by atoms with Gasteiger partial charge in [-0.05, 0) is 19.2 Å². The minimum absolute atomic E-state index is 0.564. The minimum atomic E-state index is 0.564. The van der Waals surface area contributed by atoms with Crippen LogP contribution in [0.25, 0.3) is 0 Å². The molecule has 0 fully saturated rings. The van der Waals surface area contributed by atoms with Crippen molar-refractivity contribution in [2.45, 2.75) is 6.61 Å². The van der Waals surface area contributed by atoms with Crippen LogP contribution in [0.1, 0.15) is 5.76 Å². The van der Waals surface area contributed by atoms with Gasteiger partial charge in [0.2, 0.25) is 0 Å². The molecule has 0 aliphatic carbocycles. The van der Waals surface area contributed by atoms with E-state index in [2.05, 4.69) is 5.32 Å². The summed E-state index contributed by atoms with van der Waals surface area (Å²) in [6.45, 7) is 2.16. The zero-order chi connectivity index (χ0) is 7.94. The van der Waals surface area contributed by atoms with Crippen molar-refractivity contribution < 1.29 is 9.15 Å². The largest absolute Gasteiger partial charge is 0.467 e. The van der Waals surface area contributed by atoms with Crippen LogP contribution in [0.3, 0.4) is 0 Å². The van der Waals surface area contributed by atoms with Gasteiger partial charge in [0, 0.05) is 6.54 Å². The molecule has 11 heavy (non-hydrogen) atoms. The van der Waals surface area contributed by atoms with Gasteiger partial charge in [-0.2, -0.15) is 0 Å². The first-order valence-electron chi connectivity index (χ1n) is 3.68. The van der Waals surface area contributed by atoms with Crippen molar-refractivity contribution >= 4 is 0 Å². The van der Waals surface area contributed by atoms with E-state index in [4.69, 9.17) is 9.15 Å². The van der Waals surface area contributed by atoms with Crippen LogP contribution in [0.5, 0.6) is 0 Å². The smallest absolute Gasteiger partial charge is 0.129 e. The van der Waals surface area contributed by atoms with Gasteiger partial charge in [-0.15, -0.1) is 0 Å². The SMILES string of the molecule is CNCCOCc1ccco1. The Morgan fingerprint density at radius 2 is 2.55 bits per heavy atom. The standard InChI is InChI=1S/C8H13NO2/c1-9-4-6-10-7-8-3-2-5-11-8/h2-3,5,9H,4,6-7H2,1H3. The molecule has 0 radical (unpaired) electrons. The summed E-state index contributed by atoms with van der Waals surface area (Å²) in [4.78, 5) is 0. The van der Waals surface area contributed by atoms with Crippen molar-refractivity contribution in [3.8, 4) is 0 Å². The Morgan fingerprint density at radius 3 is 3.18 bits per heavy atom. The molecule has 3 heteroatoms. The number of likely N-dealkylation sites (N-methyl/N-ethyl adjacent to an activating group) is 1. The van der Waals surface area contributed by atoms with Crippen LogP contribution in [0, 0.1) is 0 Å². The summed E-state index contributed by atoms with van der Waals surface area (Å²) in [6, 6.07) is 3.76. The molecule has 0 aliphatic heterocycles. The quantitative estimate of drug-likeness (QED) is 0.644. The maximum absolute atomic E-state index is 5.26. The minimum Gasteiger partial charge on any atom is -0.467 e. The molecule has 0 aliphatic rings. The summed E-state index contributed by atoms with van der Waals surface area (Å²) >= 11 is 0. The molecular formula is C8H13NO2. The molecule has 1 rings (SSSR count). The highest BCUT2D eigenvalue weighted by Gasteiger charge is 1.93. The first-order valence-corrected chi connectivity index (χ1v) is 3.68. The van der Waals surface area contributed by atoms with E-state index in [-0.39, 0.29) is 0 Å². The number of hydrogen-bond acceptors (Lipinski definition) is 3. The molecule has 0 unspecified atom stereocenters. The molecule has 1 aromatic rings. The molecule has 3 nitrogen and oxygen atoms in total. The fourth-order valence-corrected chi connectivity index (χ4v) is 0.742. The molecule has 0 bridgehead atoms. The highest BCUT2D eigenvalue weighted by Crippen LogP contribution is 2.00. The normalized spacial score (nSPS) is 10.3. The third-order valence-electron chi connectivity index (χ3n) is 1.32. The van der Waals surface area contributed by atoms with Gasteiger partial charge < -0.3 is 14.5 Å². The van der Waals surface area contributed by atoms with Crippen molar-refractivity contribution in [1.82, 2.24) is 5.32 Å². The molecule has 0 spiro atoms. The van der Waals surface area contributed by atoms with Crippen LogP contribution < -0.4 is 5.32 Å². The van der Waals surface area contributed by atoms with Gasteiger partial charge in [-0.25, -0.2) is 0 Å². The highest BCUT2D eigenvalue weighted by atomic mass is 16.5. The van der Waals surface area contributed by atoms with E-state index in [1.807, 2.05) is 19.2 Å². The van der Waals surface area contributed by atoms with Gasteiger partial charge in [0.15, 0.2) is 0 Å². The number of ether oxygens (including phenoxy) is 1. The Bertz CT molecular complexity index is 172. The molecule has 62 valence electrons. The second-order valence-corrected chi connectivity index (χ2v) is 2.24. The lowest BCUT2D eigenvalue weighted by Crippen LogP contribution is -2.13. The van der Waals surface area contributed by atoms with Gasteiger partial charge >= 0.3 is 0 Å². The number of hydrogen-bond donors (Lipinski definition) is 1. The topological polar surface area (TPSA) is 34.4 Å². The predicted molar refractivity (Wildman–Crippen MR) is 42.3 cm³/mol. The Balaban J connectivity index is 2.04. The van der Waals surface area contributed by atoms with Gasteiger partial charge in [0.05, 0.1) is 12.9 Å². The van der Waals surface area contributed by atoms with Crippen molar-refractivity contribution in [3.63, 3.8) is 0 Å². The fraction of sp³-hybridized carbons (Fsp3) is 0.500. The predicted octanol–water partition coefficient (Wildman–Crippen LogP) is 1.02. The lowest BCUT2D eigenvalue weighted by atomic mass is 10.5. The van der Waals surface area contributed by atoms with Crippen molar-refractivity contribution in [1.29, 1.82) is 0 Å². The Kier molecular flexibility index (Phi) is 3.72. The molecule has 1 heterocycles. The Morgan fingerprint density at radius 1 is 1.64 bits per heavy atom. The third kappa shape index (κ3) is 3.20. The van der Waals surface area contributed by atoms with Crippen LogP contribution in [0.4, 0.5) is 0 Å². The molecular weight excluding hydrogens is 142 g/mol. The maximum atomic E-state index is 5.26. The summed E-state index contributed by atoms with van der Waals surface area (Å²) in [7, 11) is 1.90. The van der Waals surface area contributed by atoms with Gasteiger partial charge in [0.1, 0.15) is 12.4 Å². The average Bonchev–Trinajstić information content (AvgIpc) is 2.50. The summed E-state index contributed by atoms with van der Waals surface area (Å²) < 4.78 is 10.3. The van der Waals surface area contributed by atoms with Gasteiger partial charge in [-0.3, -0.25) is 0 Å². The fourth-order valence-electron chi connectivity index (χ4n) is 0.742. The average molecular weight is 155 g/mol. The monoisotopic (exact) mass is 155 g/mol. The second kappa shape index (κ2) is 4.93. The maximum Gasteiger partial charge on any atom is 0.129 e. The lowest BCUT2D eigenvalue weighted by molar-refractivity contribution is 0.109. The van der Waals surface area contributed by atoms with Crippen LogP contribution in [-0.2, 0) is 11.3 Å². The van der Waals surface area contributed by atoms with Crippen LogP contribution in [0.2, 0.25) is 0 Å². The number of furan rings is 1. The van der Waals surface area contributed by atoms with Crippen molar-refractivity contribution in [2.75, 3.05) is 20.2 Å². The summed E-state index contributed by atoms with van der Waals surface area (Å²) in [5.41, 5.74) is 0. The van der Waals surface area contributed by atoms with E-state index in [1.54, 1.807) is 6.26 Å². The summed E-state index contributed by atoms with van der Waals surface area (Å²) in [5.74, 6) is 0.876. The molecule has 0 amide bonds. The first kappa shape index (κ1) is 8.30. The molecule has 0 saturated carbocycles. The van der Waals surface area contributed by atoms with E-state index in [0.29, 0.717) is 6.61 Å². The van der Waals surface area contributed by atoms with Gasteiger partial charge in [-0.1, -0.05) is 0 Å². The Labute approximate surface area is 66.3 Å². The van der Waals surface area contributed by atoms with E-state index in [1.165, 1.54) is 0 Å². The molecule has 0 aromatic carbocycles. The van der Waals surface area contributed by atoms with Crippen molar-refractivity contribution in [3.05, 3.63) is 24.2 Å². The first-order chi connectivity index (χ1) is 5.43. The van der Waals surface area contributed by atoms with Crippen LogP contribution >= 0.6 is 0 Å². The summed E-state index contributed by atoms with van der Waals surface area (Å²) in [6.07, 6.45) is 1.65. The zero-order valence-electron chi connectivity index (χ0n) is 6.67. The van der Waals surface area contributed by atoms with E-state index in [9.17, 15) is 0 Å². The molecule has 1 N–H and O–H groups in total. The Hall–Kier alpha value is -0.800. The number of rotatable bonds is 5. The summed E-state index contributed by atoms with van der Waals surface area (Å²) in [5, 5.41) is 2.99. The zero-order valence-corrected chi connectivity index (χ0v) is 6.67. The van der Waals surface area contributed by atoms with E-state index in [0.717, 1.165) is 18.9 Å². The van der Waals surface area contributed by atoms with Gasteiger partial charge in [0.25, 0.3) is 0 Å². The van der Waals surface area contributed by atoms with Crippen LogP contribution in [-0.4, -0.2) is 20.2 Å². The molecule has 0 atom stereocenters. The van der Waals surface area contributed by atoms with E-state index >= 15 is 0 Å². The second-order valence-electron chi connectivity index (χ2n) is 2.24. The molecule has 0 saturated heterocycles. The lowest BCUT2D eigenvalue weighted by Gasteiger charge is -1.99.